The zero-order chi connectivity index (χ0) is 11.5. The first kappa shape index (κ1) is 11.3. The molecule has 2 aromatic rings. The summed E-state index contributed by atoms with van der Waals surface area (Å²) in [4.78, 5) is 5.43. The van der Waals surface area contributed by atoms with Crippen LogP contribution in [0.2, 0.25) is 0 Å². The van der Waals surface area contributed by atoms with Gasteiger partial charge in [-0.1, -0.05) is 29.8 Å². The first-order valence-electron chi connectivity index (χ1n) is 5.15. The van der Waals surface area contributed by atoms with Crippen molar-refractivity contribution in [2.24, 2.45) is 5.84 Å². The fourth-order valence-corrected chi connectivity index (χ4v) is 2.65. The molecule has 0 aliphatic rings. The van der Waals surface area contributed by atoms with E-state index in [-0.39, 0.29) is 6.04 Å². The Balaban J connectivity index is 2.40. The molecule has 1 aromatic carbocycles. The van der Waals surface area contributed by atoms with Gasteiger partial charge in [0.15, 0.2) is 0 Å². The number of aromatic nitrogens is 1. The van der Waals surface area contributed by atoms with Gasteiger partial charge in [0, 0.05) is 0 Å². The topological polar surface area (TPSA) is 50.9 Å². The lowest BCUT2D eigenvalue weighted by Gasteiger charge is -2.15. The standard InChI is InChI=1S/C12H15N3S/c1-8-4-3-5-10(6-8)11(15-13)12-9(2)14-7-16-12/h3-7,11,15H,13H2,1-2H3. The van der Waals surface area contributed by atoms with Crippen LogP contribution in [0.25, 0.3) is 0 Å². The summed E-state index contributed by atoms with van der Waals surface area (Å²) in [6.07, 6.45) is 0. The summed E-state index contributed by atoms with van der Waals surface area (Å²) < 4.78 is 0. The summed E-state index contributed by atoms with van der Waals surface area (Å²) in [6, 6.07) is 8.38. The monoisotopic (exact) mass is 233 g/mol. The fourth-order valence-electron chi connectivity index (χ4n) is 1.76. The van der Waals surface area contributed by atoms with Crippen LogP contribution < -0.4 is 11.3 Å². The molecule has 1 atom stereocenters. The predicted molar refractivity (Wildman–Crippen MR) is 67.2 cm³/mol. The van der Waals surface area contributed by atoms with Crippen LogP contribution in [-0.4, -0.2) is 4.98 Å². The van der Waals surface area contributed by atoms with E-state index in [4.69, 9.17) is 5.84 Å². The first-order valence-corrected chi connectivity index (χ1v) is 6.03. The number of thiazole rings is 1. The van der Waals surface area contributed by atoms with E-state index in [1.54, 1.807) is 11.3 Å². The summed E-state index contributed by atoms with van der Waals surface area (Å²) in [5.74, 6) is 5.64. The fraction of sp³-hybridized carbons (Fsp3) is 0.250. The van der Waals surface area contributed by atoms with E-state index >= 15 is 0 Å². The molecular formula is C12H15N3S. The largest absolute Gasteiger partial charge is 0.271 e. The molecule has 2 rings (SSSR count). The molecule has 4 heteroatoms. The van der Waals surface area contributed by atoms with Crippen LogP contribution in [0, 0.1) is 13.8 Å². The van der Waals surface area contributed by atoms with Crippen molar-refractivity contribution in [2.45, 2.75) is 19.9 Å². The summed E-state index contributed by atoms with van der Waals surface area (Å²) in [5.41, 5.74) is 8.16. The van der Waals surface area contributed by atoms with Crippen molar-refractivity contribution >= 4 is 11.3 Å². The lowest BCUT2D eigenvalue weighted by atomic mass is 10.0. The smallest absolute Gasteiger partial charge is 0.0821 e. The Bertz CT molecular complexity index is 479. The third-order valence-electron chi connectivity index (χ3n) is 2.59. The van der Waals surface area contributed by atoms with E-state index in [0.717, 1.165) is 5.69 Å². The number of aryl methyl sites for hydroxylation is 2. The third kappa shape index (κ3) is 2.14. The molecule has 84 valence electrons. The molecule has 0 saturated carbocycles. The zero-order valence-electron chi connectivity index (χ0n) is 9.40. The van der Waals surface area contributed by atoms with E-state index < -0.39 is 0 Å². The molecule has 3 nitrogen and oxygen atoms in total. The van der Waals surface area contributed by atoms with Gasteiger partial charge in [0.1, 0.15) is 0 Å². The number of hydrazine groups is 1. The second kappa shape index (κ2) is 4.74. The van der Waals surface area contributed by atoms with Gasteiger partial charge in [-0.2, -0.15) is 0 Å². The Morgan fingerprint density at radius 1 is 1.38 bits per heavy atom. The van der Waals surface area contributed by atoms with Crippen LogP contribution in [0.4, 0.5) is 0 Å². The van der Waals surface area contributed by atoms with Crippen LogP contribution in [0.1, 0.15) is 27.7 Å². The van der Waals surface area contributed by atoms with Gasteiger partial charge in [-0.05, 0) is 19.4 Å². The van der Waals surface area contributed by atoms with E-state index in [1.165, 1.54) is 16.0 Å². The van der Waals surface area contributed by atoms with Crippen molar-refractivity contribution in [1.82, 2.24) is 10.4 Å². The average molecular weight is 233 g/mol. The summed E-state index contributed by atoms with van der Waals surface area (Å²) >= 11 is 1.63. The normalized spacial score (nSPS) is 12.7. The van der Waals surface area contributed by atoms with Gasteiger partial charge >= 0.3 is 0 Å². The van der Waals surface area contributed by atoms with E-state index in [0.29, 0.717) is 0 Å². The van der Waals surface area contributed by atoms with Crippen LogP contribution in [0.3, 0.4) is 0 Å². The Morgan fingerprint density at radius 2 is 2.19 bits per heavy atom. The predicted octanol–water partition coefficient (Wildman–Crippen LogP) is 2.31. The highest BCUT2D eigenvalue weighted by Gasteiger charge is 2.16. The number of nitrogens with two attached hydrogens (primary N) is 1. The molecule has 1 unspecified atom stereocenters. The minimum Gasteiger partial charge on any atom is -0.271 e. The van der Waals surface area contributed by atoms with Gasteiger partial charge in [-0.25, -0.2) is 10.4 Å². The molecule has 0 radical (unpaired) electrons. The Labute approximate surface area is 99.3 Å². The van der Waals surface area contributed by atoms with Crippen molar-refractivity contribution in [3.63, 3.8) is 0 Å². The summed E-state index contributed by atoms with van der Waals surface area (Å²) in [5, 5.41) is 0. The Hall–Kier alpha value is -1.23. The average Bonchev–Trinajstić information content (AvgIpc) is 2.67. The highest BCUT2D eigenvalue weighted by Crippen LogP contribution is 2.27. The van der Waals surface area contributed by atoms with E-state index in [2.05, 4.69) is 35.5 Å². The number of rotatable bonds is 3. The van der Waals surface area contributed by atoms with Gasteiger partial charge in [-0.15, -0.1) is 11.3 Å². The number of benzene rings is 1. The van der Waals surface area contributed by atoms with Crippen LogP contribution in [0.5, 0.6) is 0 Å². The van der Waals surface area contributed by atoms with Crippen molar-refractivity contribution in [3.8, 4) is 0 Å². The number of hydrogen-bond donors (Lipinski definition) is 2. The van der Waals surface area contributed by atoms with Gasteiger partial charge in [0.25, 0.3) is 0 Å². The minimum atomic E-state index is 0.0346. The molecule has 0 amide bonds. The van der Waals surface area contributed by atoms with Crippen molar-refractivity contribution in [2.75, 3.05) is 0 Å². The van der Waals surface area contributed by atoms with E-state index in [9.17, 15) is 0 Å². The van der Waals surface area contributed by atoms with E-state index in [1.807, 2.05) is 18.5 Å². The molecule has 1 heterocycles. The van der Waals surface area contributed by atoms with Crippen molar-refractivity contribution < 1.29 is 0 Å². The molecular weight excluding hydrogens is 218 g/mol. The highest BCUT2D eigenvalue weighted by molar-refractivity contribution is 7.09. The number of nitrogens with zero attached hydrogens (tertiary/aromatic N) is 1. The van der Waals surface area contributed by atoms with Crippen LogP contribution in [0.15, 0.2) is 29.8 Å². The molecule has 0 spiro atoms. The summed E-state index contributed by atoms with van der Waals surface area (Å²) in [6.45, 7) is 4.09. The SMILES string of the molecule is Cc1cccc(C(NN)c2scnc2C)c1. The second-order valence-electron chi connectivity index (χ2n) is 3.82. The molecule has 0 fully saturated rings. The lowest BCUT2D eigenvalue weighted by molar-refractivity contribution is 0.641. The first-order chi connectivity index (χ1) is 7.72. The van der Waals surface area contributed by atoms with Crippen molar-refractivity contribution in [1.29, 1.82) is 0 Å². The van der Waals surface area contributed by atoms with Crippen LogP contribution >= 0.6 is 11.3 Å². The molecule has 0 saturated heterocycles. The Morgan fingerprint density at radius 3 is 2.75 bits per heavy atom. The number of hydrogen-bond acceptors (Lipinski definition) is 4. The van der Waals surface area contributed by atoms with Gasteiger partial charge in [0.2, 0.25) is 0 Å². The molecule has 1 aromatic heterocycles. The molecule has 0 aliphatic heterocycles. The quantitative estimate of drug-likeness (QED) is 0.632. The maximum Gasteiger partial charge on any atom is 0.0821 e. The van der Waals surface area contributed by atoms with Crippen LogP contribution in [-0.2, 0) is 0 Å². The van der Waals surface area contributed by atoms with Gasteiger partial charge in [-0.3, -0.25) is 5.84 Å². The molecule has 0 aliphatic carbocycles. The molecule has 16 heavy (non-hydrogen) atoms. The Kier molecular flexibility index (Phi) is 3.33. The van der Waals surface area contributed by atoms with Crippen molar-refractivity contribution in [3.05, 3.63) is 51.5 Å². The maximum absolute atomic E-state index is 5.64. The highest BCUT2D eigenvalue weighted by atomic mass is 32.1. The lowest BCUT2D eigenvalue weighted by Crippen LogP contribution is -2.28. The maximum atomic E-state index is 5.64. The zero-order valence-corrected chi connectivity index (χ0v) is 10.2. The third-order valence-corrected chi connectivity index (χ3v) is 3.58. The number of nitrogens with one attached hydrogen (secondary N) is 1. The van der Waals surface area contributed by atoms with Gasteiger partial charge < -0.3 is 0 Å². The molecule has 0 bridgehead atoms. The molecule has 3 N–H and O–H groups in total. The van der Waals surface area contributed by atoms with Gasteiger partial charge in [0.05, 0.1) is 22.1 Å². The second-order valence-corrected chi connectivity index (χ2v) is 4.70. The summed E-state index contributed by atoms with van der Waals surface area (Å²) in [7, 11) is 0. The minimum absolute atomic E-state index is 0.0346.